The maximum Gasteiger partial charge on any atom is 0.322 e. The summed E-state index contributed by atoms with van der Waals surface area (Å²) in [6.45, 7) is 0.753. The van der Waals surface area contributed by atoms with Crippen molar-refractivity contribution in [2.24, 2.45) is 5.73 Å². The lowest BCUT2D eigenvalue weighted by molar-refractivity contribution is 0.246. The van der Waals surface area contributed by atoms with Gasteiger partial charge in [-0.3, -0.25) is 4.90 Å². The molecule has 0 saturated heterocycles. The monoisotopic (exact) mass is 245 g/mol. The molecule has 3 N–H and O–H groups in total. The van der Waals surface area contributed by atoms with Crippen LogP contribution in [0.3, 0.4) is 0 Å². The van der Waals surface area contributed by atoms with E-state index in [2.05, 4.69) is 5.32 Å². The summed E-state index contributed by atoms with van der Waals surface area (Å²) < 4.78 is 0. The number of hydrogen-bond donors (Lipinski definition) is 2. The number of nitrogens with one attached hydrogen (secondary N) is 1. The van der Waals surface area contributed by atoms with Crippen LogP contribution in [-0.4, -0.2) is 18.6 Å². The van der Waals surface area contributed by atoms with Gasteiger partial charge < -0.3 is 11.1 Å². The molecule has 3 rings (SSSR count). The van der Waals surface area contributed by atoms with Gasteiger partial charge >= 0.3 is 6.03 Å². The van der Waals surface area contributed by atoms with Crippen LogP contribution in [0.2, 0.25) is 0 Å². The topological polar surface area (TPSA) is 58.4 Å². The number of rotatable bonds is 1. The first kappa shape index (κ1) is 11.5. The number of nitrogens with two attached hydrogens (primary N) is 1. The number of hydrogen-bond acceptors (Lipinski definition) is 2. The lowest BCUT2D eigenvalue weighted by Crippen LogP contribution is -2.41. The Hall–Kier alpha value is -1.55. The van der Waals surface area contributed by atoms with E-state index < -0.39 is 0 Å². The number of nitrogens with zero attached hydrogens (tertiary/aromatic N) is 1. The van der Waals surface area contributed by atoms with Crippen LogP contribution in [0.15, 0.2) is 24.3 Å². The number of para-hydroxylation sites is 1. The van der Waals surface area contributed by atoms with E-state index in [0.717, 1.165) is 43.5 Å². The summed E-state index contributed by atoms with van der Waals surface area (Å²) in [7, 11) is 0. The van der Waals surface area contributed by atoms with E-state index in [9.17, 15) is 4.79 Å². The Morgan fingerprint density at radius 2 is 2.06 bits per heavy atom. The highest BCUT2D eigenvalue weighted by molar-refractivity contribution is 5.93. The average Bonchev–Trinajstić information content (AvgIpc) is 3.18. The van der Waals surface area contributed by atoms with Gasteiger partial charge in [0.15, 0.2) is 0 Å². The summed E-state index contributed by atoms with van der Waals surface area (Å²) >= 11 is 0. The first-order valence-corrected chi connectivity index (χ1v) is 6.68. The van der Waals surface area contributed by atoms with Crippen molar-refractivity contribution in [2.45, 2.75) is 37.8 Å². The molecule has 0 bridgehead atoms. The molecule has 0 aromatic heterocycles. The Labute approximate surface area is 107 Å². The van der Waals surface area contributed by atoms with Gasteiger partial charge in [-0.1, -0.05) is 18.2 Å². The first-order chi connectivity index (χ1) is 8.75. The Bertz CT molecular complexity index is 456. The van der Waals surface area contributed by atoms with Gasteiger partial charge in [-0.25, -0.2) is 4.79 Å². The van der Waals surface area contributed by atoms with Gasteiger partial charge in [-0.05, 0) is 37.3 Å². The van der Waals surface area contributed by atoms with Gasteiger partial charge in [0.25, 0.3) is 0 Å². The maximum atomic E-state index is 12.2. The zero-order valence-electron chi connectivity index (χ0n) is 10.4. The molecular formula is C14H19N3O. The molecule has 1 aliphatic carbocycles. The molecule has 1 heterocycles. The molecule has 2 amide bonds. The summed E-state index contributed by atoms with van der Waals surface area (Å²) in [6, 6.07) is 8.44. The lowest BCUT2D eigenvalue weighted by atomic mass is 10.0. The minimum Gasteiger partial charge on any atom is -0.335 e. The van der Waals surface area contributed by atoms with Crippen LogP contribution in [0.5, 0.6) is 0 Å². The Balaban J connectivity index is 1.89. The van der Waals surface area contributed by atoms with Gasteiger partial charge in [-0.15, -0.1) is 0 Å². The minimum atomic E-state index is 0.0269. The van der Waals surface area contributed by atoms with Gasteiger partial charge in [0.2, 0.25) is 0 Å². The van der Waals surface area contributed by atoms with Crippen LogP contribution < -0.4 is 16.0 Å². The average molecular weight is 245 g/mol. The van der Waals surface area contributed by atoms with Crippen molar-refractivity contribution in [3.05, 3.63) is 29.8 Å². The quantitative estimate of drug-likeness (QED) is 0.796. The fraction of sp³-hybridized carbons (Fsp3) is 0.500. The Kier molecular flexibility index (Phi) is 2.96. The van der Waals surface area contributed by atoms with Crippen molar-refractivity contribution in [1.29, 1.82) is 0 Å². The van der Waals surface area contributed by atoms with E-state index in [1.54, 1.807) is 0 Å². The van der Waals surface area contributed by atoms with Crippen LogP contribution in [-0.2, 0) is 0 Å². The van der Waals surface area contributed by atoms with Crippen LogP contribution in [0, 0.1) is 0 Å². The van der Waals surface area contributed by atoms with E-state index in [1.165, 1.54) is 0 Å². The molecular weight excluding hydrogens is 226 g/mol. The standard InChI is InChI=1S/C14H19N3O/c15-12-5-3-9-17(14(18)16-10-7-8-10)13-6-2-1-4-11(12)13/h1-2,4,6,10,12H,3,5,7-9,15H2,(H,16,18). The minimum absolute atomic E-state index is 0.0269. The fourth-order valence-electron chi connectivity index (χ4n) is 2.48. The van der Waals surface area contributed by atoms with Crippen molar-refractivity contribution in [3.8, 4) is 0 Å². The van der Waals surface area contributed by atoms with Crippen molar-refractivity contribution in [1.82, 2.24) is 5.32 Å². The first-order valence-electron chi connectivity index (χ1n) is 6.68. The van der Waals surface area contributed by atoms with Crippen molar-refractivity contribution in [3.63, 3.8) is 0 Å². The number of benzene rings is 1. The number of fused-ring (bicyclic) bond motifs is 1. The summed E-state index contributed by atoms with van der Waals surface area (Å²) in [6.07, 6.45) is 4.11. The summed E-state index contributed by atoms with van der Waals surface area (Å²) in [5.41, 5.74) is 8.22. The third-order valence-electron chi connectivity index (χ3n) is 3.67. The second-order valence-corrected chi connectivity index (χ2v) is 5.18. The van der Waals surface area contributed by atoms with Crippen LogP contribution in [0.4, 0.5) is 10.5 Å². The van der Waals surface area contributed by atoms with Gasteiger partial charge in [0.1, 0.15) is 0 Å². The smallest absolute Gasteiger partial charge is 0.322 e. The molecule has 1 saturated carbocycles. The van der Waals surface area contributed by atoms with Crippen LogP contribution >= 0.6 is 0 Å². The SMILES string of the molecule is NC1CCCN(C(=O)NC2CC2)c2ccccc21. The summed E-state index contributed by atoms with van der Waals surface area (Å²) in [5, 5.41) is 3.05. The van der Waals surface area contributed by atoms with Crippen molar-refractivity contribution >= 4 is 11.7 Å². The highest BCUT2D eigenvalue weighted by Crippen LogP contribution is 2.31. The normalized spacial score (nSPS) is 23.2. The number of amides is 2. The molecule has 0 spiro atoms. The predicted molar refractivity (Wildman–Crippen MR) is 71.5 cm³/mol. The van der Waals surface area contributed by atoms with Crippen molar-refractivity contribution < 1.29 is 4.79 Å². The number of anilines is 1. The third-order valence-corrected chi connectivity index (χ3v) is 3.67. The molecule has 4 heteroatoms. The molecule has 1 fully saturated rings. The molecule has 96 valence electrons. The molecule has 1 unspecified atom stereocenters. The number of urea groups is 1. The molecule has 18 heavy (non-hydrogen) atoms. The van der Waals surface area contributed by atoms with E-state index in [-0.39, 0.29) is 12.1 Å². The molecule has 1 aromatic rings. The van der Waals surface area contributed by atoms with Crippen molar-refractivity contribution in [2.75, 3.05) is 11.4 Å². The molecule has 4 nitrogen and oxygen atoms in total. The Morgan fingerprint density at radius 3 is 2.83 bits per heavy atom. The van der Waals surface area contributed by atoms with Crippen LogP contribution in [0.1, 0.15) is 37.3 Å². The van der Waals surface area contributed by atoms with E-state index in [4.69, 9.17) is 5.73 Å². The molecule has 1 atom stereocenters. The highest BCUT2D eigenvalue weighted by Gasteiger charge is 2.29. The van der Waals surface area contributed by atoms with Gasteiger partial charge in [0, 0.05) is 18.6 Å². The molecule has 1 aliphatic heterocycles. The van der Waals surface area contributed by atoms with Gasteiger partial charge in [0.05, 0.1) is 5.69 Å². The van der Waals surface area contributed by atoms with E-state index in [0.29, 0.717) is 6.04 Å². The summed E-state index contributed by atoms with van der Waals surface area (Å²) in [4.78, 5) is 14.1. The second-order valence-electron chi connectivity index (χ2n) is 5.18. The predicted octanol–water partition coefficient (Wildman–Crippen LogP) is 2.16. The zero-order chi connectivity index (χ0) is 12.5. The number of carbonyl (C=O) groups excluding carboxylic acids is 1. The Morgan fingerprint density at radius 1 is 1.28 bits per heavy atom. The molecule has 2 aliphatic rings. The largest absolute Gasteiger partial charge is 0.335 e. The maximum absolute atomic E-state index is 12.2. The van der Waals surface area contributed by atoms with Gasteiger partial charge in [-0.2, -0.15) is 0 Å². The number of carbonyl (C=O) groups is 1. The van der Waals surface area contributed by atoms with Crippen LogP contribution in [0.25, 0.3) is 0 Å². The summed E-state index contributed by atoms with van der Waals surface area (Å²) in [5.74, 6) is 0. The molecule has 1 aromatic carbocycles. The second kappa shape index (κ2) is 4.61. The fourth-order valence-corrected chi connectivity index (χ4v) is 2.48. The molecule has 0 radical (unpaired) electrons. The lowest BCUT2D eigenvalue weighted by Gasteiger charge is -2.23. The highest BCUT2D eigenvalue weighted by atomic mass is 16.2. The third kappa shape index (κ3) is 2.20. The van der Waals surface area contributed by atoms with E-state index in [1.807, 2.05) is 29.2 Å². The zero-order valence-corrected chi connectivity index (χ0v) is 10.4. The van der Waals surface area contributed by atoms with E-state index >= 15 is 0 Å².